The van der Waals surface area contributed by atoms with Crippen LogP contribution in [0, 0.1) is 0 Å². The van der Waals surface area contributed by atoms with Gasteiger partial charge in [0.2, 0.25) is 0 Å². The zero-order valence-electron chi connectivity index (χ0n) is 18.3. The van der Waals surface area contributed by atoms with Crippen molar-refractivity contribution in [3.8, 4) is 5.75 Å². The lowest BCUT2D eigenvalue weighted by atomic mass is 10.2. The summed E-state index contributed by atoms with van der Waals surface area (Å²) in [6.45, 7) is 7.81. The standard InChI is InChI=1S/C25H32N4O/c1-4-15-29-19-28(17-23-25(29)26-24(5-2)27(23)3)16-20-11-13-22(14-12-20)30-18-21-9-7-6-8-10-21/h6-14,17,24H,4-5,15-16,18-19H2,1-3H3. The predicted octanol–water partition coefficient (Wildman–Crippen LogP) is 4.67. The molecule has 2 heterocycles. The van der Waals surface area contributed by atoms with Gasteiger partial charge in [-0.05, 0) is 36.1 Å². The van der Waals surface area contributed by atoms with Gasteiger partial charge in [-0.25, -0.2) is 4.99 Å². The van der Waals surface area contributed by atoms with Crippen LogP contribution in [0.1, 0.15) is 37.8 Å². The minimum absolute atomic E-state index is 0.256. The molecule has 1 atom stereocenters. The molecule has 5 nitrogen and oxygen atoms in total. The topological polar surface area (TPSA) is 31.3 Å². The maximum atomic E-state index is 5.92. The first-order valence-corrected chi connectivity index (χ1v) is 11.0. The number of hydrogen-bond acceptors (Lipinski definition) is 5. The van der Waals surface area contributed by atoms with Crippen LogP contribution in [0.4, 0.5) is 0 Å². The van der Waals surface area contributed by atoms with E-state index in [9.17, 15) is 0 Å². The molecule has 30 heavy (non-hydrogen) atoms. The molecule has 2 aliphatic rings. The highest BCUT2D eigenvalue weighted by Gasteiger charge is 2.33. The van der Waals surface area contributed by atoms with Gasteiger partial charge in [0.25, 0.3) is 0 Å². The molecule has 0 amide bonds. The molecule has 5 heteroatoms. The first-order valence-electron chi connectivity index (χ1n) is 11.0. The van der Waals surface area contributed by atoms with Crippen LogP contribution in [-0.4, -0.2) is 47.0 Å². The van der Waals surface area contributed by atoms with Gasteiger partial charge in [-0.15, -0.1) is 0 Å². The number of rotatable bonds is 8. The van der Waals surface area contributed by atoms with Gasteiger partial charge in [0, 0.05) is 26.3 Å². The zero-order chi connectivity index (χ0) is 20.9. The monoisotopic (exact) mass is 404 g/mol. The van der Waals surface area contributed by atoms with Crippen LogP contribution in [0.25, 0.3) is 0 Å². The average molecular weight is 405 g/mol. The number of benzene rings is 2. The van der Waals surface area contributed by atoms with Gasteiger partial charge in [0.05, 0.1) is 12.4 Å². The van der Waals surface area contributed by atoms with E-state index in [0.29, 0.717) is 6.61 Å². The molecule has 0 aromatic heterocycles. The maximum Gasteiger partial charge on any atom is 0.152 e. The molecule has 0 aliphatic carbocycles. The molecule has 0 fully saturated rings. The highest BCUT2D eigenvalue weighted by atomic mass is 16.5. The van der Waals surface area contributed by atoms with Gasteiger partial charge in [-0.3, -0.25) is 0 Å². The van der Waals surface area contributed by atoms with E-state index in [1.165, 1.54) is 16.8 Å². The summed E-state index contributed by atoms with van der Waals surface area (Å²) in [7, 11) is 2.16. The van der Waals surface area contributed by atoms with Gasteiger partial charge in [-0.2, -0.15) is 0 Å². The summed E-state index contributed by atoms with van der Waals surface area (Å²) < 4.78 is 5.92. The first-order chi connectivity index (χ1) is 14.7. The lowest BCUT2D eigenvalue weighted by Crippen LogP contribution is -2.45. The number of hydrogen-bond donors (Lipinski definition) is 0. The Morgan fingerprint density at radius 2 is 1.77 bits per heavy atom. The van der Waals surface area contributed by atoms with E-state index in [1.807, 2.05) is 18.2 Å². The van der Waals surface area contributed by atoms with Crippen molar-refractivity contribution in [2.45, 2.75) is 46.0 Å². The summed E-state index contributed by atoms with van der Waals surface area (Å²) in [5.41, 5.74) is 3.70. The van der Waals surface area contributed by atoms with Crippen LogP contribution in [0.5, 0.6) is 5.75 Å². The Kier molecular flexibility index (Phi) is 6.26. The van der Waals surface area contributed by atoms with E-state index < -0.39 is 0 Å². The van der Waals surface area contributed by atoms with E-state index in [0.717, 1.165) is 44.2 Å². The molecule has 0 radical (unpaired) electrons. The molecule has 2 aromatic carbocycles. The minimum Gasteiger partial charge on any atom is -0.489 e. The van der Waals surface area contributed by atoms with Crippen molar-refractivity contribution >= 4 is 5.84 Å². The second-order valence-corrected chi connectivity index (χ2v) is 8.04. The van der Waals surface area contributed by atoms with Crippen LogP contribution in [0.3, 0.4) is 0 Å². The highest BCUT2D eigenvalue weighted by Crippen LogP contribution is 2.28. The van der Waals surface area contributed by atoms with Crippen molar-refractivity contribution < 1.29 is 4.74 Å². The molecule has 0 saturated carbocycles. The summed E-state index contributed by atoms with van der Waals surface area (Å²) in [5, 5.41) is 0. The normalized spacial score (nSPS) is 18.2. The third-order valence-corrected chi connectivity index (χ3v) is 5.70. The van der Waals surface area contributed by atoms with Crippen LogP contribution in [-0.2, 0) is 13.2 Å². The minimum atomic E-state index is 0.256. The molecule has 0 N–H and O–H groups in total. The number of ether oxygens (including phenoxy) is 1. The Bertz CT molecular complexity index is 891. The smallest absolute Gasteiger partial charge is 0.152 e. The molecule has 2 aromatic rings. The van der Waals surface area contributed by atoms with Gasteiger partial charge >= 0.3 is 0 Å². The number of amidine groups is 1. The van der Waals surface area contributed by atoms with Crippen LogP contribution < -0.4 is 4.74 Å². The summed E-state index contributed by atoms with van der Waals surface area (Å²) >= 11 is 0. The molecule has 158 valence electrons. The fourth-order valence-corrected chi connectivity index (χ4v) is 4.08. The van der Waals surface area contributed by atoms with Gasteiger partial charge < -0.3 is 19.4 Å². The van der Waals surface area contributed by atoms with Crippen molar-refractivity contribution in [2.24, 2.45) is 4.99 Å². The SMILES string of the molecule is CCCN1CN(Cc2ccc(OCc3ccccc3)cc2)C=C2C1=NC(CC)N2C. The van der Waals surface area contributed by atoms with Crippen LogP contribution >= 0.6 is 0 Å². The van der Waals surface area contributed by atoms with Crippen LogP contribution in [0.15, 0.2) is 71.5 Å². The summed E-state index contributed by atoms with van der Waals surface area (Å²) in [4.78, 5) is 12.1. The molecule has 4 rings (SSSR count). The molecule has 1 unspecified atom stereocenters. The number of fused-ring (bicyclic) bond motifs is 1. The van der Waals surface area contributed by atoms with Gasteiger partial charge in [-0.1, -0.05) is 56.3 Å². The van der Waals surface area contributed by atoms with Crippen molar-refractivity contribution in [2.75, 3.05) is 20.3 Å². The fourth-order valence-electron chi connectivity index (χ4n) is 4.08. The molecular weight excluding hydrogens is 372 g/mol. The van der Waals surface area contributed by atoms with Crippen molar-refractivity contribution in [1.29, 1.82) is 0 Å². The number of nitrogens with zero attached hydrogens (tertiary/aromatic N) is 4. The molecular formula is C25H32N4O. The quantitative estimate of drug-likeness (QED) is 0.640. The van der Waals surface area contributed by atoms with Gasteiger partial charge in [0.15, 0.2) is 5.84 Å². The summed E-state index contributed by atoms with van der Waals surface area (Å²) in [5.74, 6) is 2.06. The van der Waals surface area contributed by atoms with Gasteiger partial charge in [0.1, 0.15) is 18.5 Å². The van der Waals surface area contributed by atoms with E-state index in [-0.39, 0.29) is 6.17 Å². The number of aliphatic imine (C=N–C) groups is 1. The van der Waals surface area contributed by atoms with E-state index >= 15 is 0 Å². The second kappa shape index (κ2) is 9.24. The summed E-state index contributed by atoms with van der Waals surface area (Å²) in [6.07, 6.45) is 4.68. The largest absolute Gasteiger partial charge is 0.489 e. The first kappa shape index (κ1) is 20.3. The maximum absolute atomic E-state index is 5.92. The average Bonchev–Trinajstić information content (AvgIpc) is 3.10. The van der Waals surface area contributed by atoms with Crippen molar-refractivity contribution in [3.05, 3.63) is 77.6 Å². The summed E-state index contributed by atoms with van der Waals surface area (Å²) in [6, 6.07) is 18.7. The Morgan fingerprint density at radius 1 is 1.00 bits per heavy atom. The van der Waals surface area contributed by atoms with E-state index in [1.54, 1.807) is 0 Å². The highest BCUT2D eigenvalue weighted by molar-refractivity contribution is 6.00. The molecule has 0 spiro atoms. The fraction of sp³-hybridized carbons (Fsp3) is 0.400. The number of likely N-dealkylation sites (N-methyl/N-ethyl adjacent to an activating group) is 1. The zero-order valence-corrected chi connectivity index (χ0v) is 18.3. The molecule has 2 aliphatic heterocycles. The third-order valence-electron chi connectivity index (χ3n) is 5.70. The van der Waals surface area contributed by atoms with E-state index in [4.69, 9.17) is 9.73 Å². The van der Waals surface area contributed by atoms with E-state index in [2.05, 4.69) is 78.2 Å². The Morgan fingerprint density at radius 3 is 2.47 bits per heavy atom. The molecule has 0 bridgehead atoms. The lowest BCUT2D eigenvalue weighted by molar-refractivity contribution is 0.220. The Labute approximate surface area is 180 Å². The van der Waals surface area contributed by atoms with Crippen molar-refractivity contribution in [3.63, 3.8) is 0 Å². The molecule has 0 saturated heterocycles. The lowest BCUT2D eigenvalue weighted by Gasteiger charge is -2.37. The second-order valence-electron chi connectivity index (χ2n) is 8.04. The van der Waals surface area contributed by atoms with Crippen LogP contribution in [0.2, 0.25) is 0 Å². The Hall–Kier alpha value is -2.95. The Balaban J connectivity index is 1.41. The predicted molar refractivity (Wildman–Crippen MR) is 122 cm³/mol. The third kappa shape index (κ3) is 4.45. The van der Waals surface area contributed by atoms with Crippen molar-refractivity contribution in [1.82, 2.24) is 14.7 Å².